The van der Waals surface area contributed by atoms with Crippen molar-refractivity contribution in [3.8, 4) is 0 Å². The van der Waals surface area contributed by atoms with Gasteiger partial charge in [0.2, 0.25) is 0 Å². The Balaban J connectivity index is 0.000000327. The number of carbonyl (C=O) groups is 1. The molecule has 0 heterocycles. The number of methoxy groups -OCH3 is 1. The lowest BCUT2D eigenvalue weighted by Crippen LogP contribution is -1.94. The van der Waals surface area contributed by atoms with Crippen LogP contribution in [-0.2, 0) is 9.53 Å². The van der Waals surface area contributed by atoms with Crippen molar-refractivity contribution < 1.29 is 9.53 Å². The van der Waals surface area contributed by atoms with Crippen LogP contribution in [0.4, 0.5) is 0 Å². The Morgan fingerprint density at radius 3 is 2.61 bits per heavy atom. The molecular formula is C15H25ClO2. The van der Waals surface area contributed by atoms with Gasteiger partial charge in [-0.25, -0.2) is 0 Å². The Labute approximate surface area is 116 Å². The average molecular weight is 273 g/mol. The first-order valence-corrected chi connectivity index (χ1v) is 7.00. The fourth-order valence-electron chi connectivity index (χ4n) is 1.77. The molecule has 18 heavy (non-hydrogen) atoms. The van der Waals surface area contributed by atoms with Crippen molar-refractivity contribution in [1.82, 2.24) is 0 Å². The van der Waals surface area contributed by atoms with Crippen LogP contribution in [0.5, 0.6) is 0 Å². The van der Waals surface area contributed by atoms with Crippen molar-refractivity contribution in [2.24, 2.45) is 5.92 Å². The van der Waals surface area contributed by atoms with E-state index in [1.807, 2.05) is 6.92 Å². The van der Waals surface area contributed by atoms with Gasteiger partial charge in [-0.05, 0) is 39.0 Å². The first kappa shape index (κ1) is 17.2. The van der Waals surface area contributed by atoms with Crippen molar-refractivity contribution >= 4 is 17.9 Å². The molecule has 1 fully saturated rings. The van der Waals surface area contributed by atoms with Crippen molar-refractivity contribution in [2.75, 3.05) is 7.11 Å². The number of rotatable bonds is 6. The molecule has 2 unspecified atom stereocenters. The molecule has 1 aliphatic rings. The van der Waals surface area contributed by atoms with E-state index in [1.54, 1.807) is 7.11 Å². The minimum absolute atomic E-state index is 0.262. The molecule has 0 N–H and O–H groups in total. The maximum atomic E-state index is 10.1. The standard InChI is InChI=1S/C9H16O.C6H9ClO/c1-4-5-6-7-8-9(2)10-3;7-6-2-1-5(3-6)4-8/h4-5H,2,6-8H2,1,3H3;4-6H,1-3H2/b5-4-;. The number of carbonyl (C=O) groups excluding carboxylic acids is 1. The van der Waals surface area contributed by atoms with Crippen LogP contribution < -0.4 is 0 Å². The van der Waals surface area contributed by atoms with Crippen LogP contribution in [0.1, 0.15) is 45.4 Å². The summed E-state index contributed by atoms with van der Waals surface area (Å²) < 4.78 is 4.91. The minimum Gasteiger partial charge on any atom is -0.502 e. The van der Waals surface area contributed by atoms with E-state index >= 15 is 0 Å². The molecule has 0 radical (unpaired) electrons. The maximum Gasteiger partial charge on any atom is 0.123 e. The Hall–Kier alpha value is -0.760. The lowest BCUT2D eigenvalue weighted by Gasteiger charge is -2.00. The van der Waals surface area contributed by atoms with Gasteiger partial charge in [-0.15, -0.1) is 11.6 Å². The number of ether oxygens (including phenoxy) is 1. The molecule has 0 bridgehead atoms. The summed E-state index contributed by atoms with van der Waals surface area (Å²) in [5, 5.41) is 0.269. The number of hydrogen-bond acceptors (Lipinski definition) is 2. The largest absolute Gasteiger partial charge is 0.502 e. The highest BCUT2D eigenvalue weighted by atomic mass is 35.5. The Morgan fingerprint density at radius 2 is 2.22 bits per heavy atom. The molecule has 0 aromatic heterocycles. The molecule has 1 aliphatic carbocycles. The van der Waals surface area contributed by atoms with E-state index in [0.29, 0.717) is 0 Å². The van der Waals surface area contributed by atoms with E-state index in [1.165, 1.54) is 0 Å². The lowest BCUT2D eigenvalue weighted by atomic mass is 10.1. The van der Waals surface area contributed by atoms with Gasteiger partial charge in [0.05, 0.1) is 12.9 Å². The molecule has 0 saturated heterocycles. The van der Waals surface area contributed by atoms with Crippen molar-refractivity contribution in [1.29, 1.82) is 0 Å². The minimum atomic E-state index is 0.262. The molecule has 1 rings (SSSR count). The van der Waals surface area contributed by atoms with E-state index < -0.39 is 0 Å². The Morgan fingerprint density at radius 1 is 1.50 bits per heavy atom. The Bertz CT molecular complexity index is 261. The molecule has 0 aromatic carbocycles. The number of halogens is 1. The van der Waals surface area contributed by atoms with Gasteiger partial charge in [0.25, 0.3) is 0 Å². The predicted molar refractivity (Wildman–Crippen MR) is 77.9 cm³/mol. The third kappa shape index (κ3) is 9.29. The van der Waals surface area contributed by atoms with Crippen LogP contribution in [0.3, 0.4) is 0 Å². The Kier molecular flexibility index (Phi) is 10.9. The molecule has 3 heteroatoms. The van der Waals surface area contributed by atoms with Gasteiger partial charge >= 0.3 is 0 Å². The lowest BCUT2D eigenvalue weighted by molar-refractivity contribution is -0.110. The second-order valence-electron chi connectivity index (χ2n) is 4.51. The predicted octanol–water partition coefficient (Wildman–Crippen LogP) is 4.49. The van der Waals surface area contributed by atoms with Gasteiger partial charge in [-0.2, -0.15) is 0 Å². The van der Waals surface area contributed by atoms with Crippen LogP contribution in [0, 0.1) is 5.92 Å². The summed E-state index contributed by atoms with van der Waals surface area (Å²) in [5.74, 6) is 1.14. The monoisotopic (exact) mass is 272 g/mol. The zero-order chi connectivity index (χ0) is 13.8. The maximum absolute atomic E-state index is 10.1. The first-order chi connectivity index (χ1) is 8.63. The second-order valence-corrected chi connectivity index (χ2v) is 5.13. The summed E-state index contributed by atoms with van der Waals surface area (Å²) in [5.41, 5.74) is 0. The van der Waals surface area contributed by atoms with Gasteiger partial charge in [-0.3, -0.25) is 0 Å². The molecule has 104 valence electrons. The molecule has 1 saturated carbocycles. The number of hydrogen-bond donors (Lipinski definition) is 0. The molecule has 2 atom stereocenters. The van der Waals surface area contributed by atoms with Gasteiger partial charge in [0.15, 0.2) is 0 Å². The molecule has 2 nitrogen and oxygen atoms in total. The summed E-state index contributed by atoms with van der Waals surface area (Å²) in [6, 6.07) is 0. The third-order valence-corrected chi connectivity index (χ3v) is 3.35. The average Bonchev–Trinajstić information content (AvgIpc) is 2.81. The third-order valence-electron chi connectivity index (χ3n) is 2.95. The number of aldehydes is 1. The zero-order valence-corrected chi connectivity index (χ0v) is 12.3. The van der Waals surface area contributed by atoms with Crippen LogP contribution in [0.25, 0.3) is 0 Å². The smallest absolute Gasteiger partial charge is 0.123 e. The van der Waals surface area contributed by atoms with Gasteiger partial charge in [0.1, 0.15) is 6.29 Å². The van der Waals surface area contributed by atoms with Gasteiger partial charge in [0, 0.05) is 17.7 Å². The molecule has 0 aliphatic heterocycles. The summed E-state index contributed by atoms with van der Waals surface area (Å²) >= 11 is 5.73. The number of unbranched alkanes of at least 4 members (excludes halogenated alkanes) is 1. The topological polar surface area (TPSA) is 26.3 Å². The fraction of sp³-hybridized carbons (Fsp3) is 0.667. The highest BCUT2D eigenvalue weighted by molar-refractivity contribution is 6.20. The second kappa shape index (κ2) is 11.3. The fourth-order valence-corrected chi connectivity index (χ4v) is 2.12. The number of alkyl halides is 1. The van der Waals surface area contributed by atoms with Crippen LogP contribution in [0.15, 0.2) is 24.5 Å². The van der Waals surface area contributed by atoms with Crippen molar-refractivity contribution in [2.45, 2.75) is 50.8 Å². The summed E-state index contributed by atoms with van der Waals surface area (Å²) in [7, 11) is 1.66. The quantitative estimate of drug-likeness (QED) is 0.234. The molecule has 0 spiro atoms. The summed E-state index contributed by atoms with van der Waals surface area (Å²) in [4.78, 5) is 10.1. The van der Waals surface area contributed by atoms with E-state index in [9.17, 15) is 4.79 Å². The highest BCUT2D eigenvalue weighted by Crippen LogP contribution is 2.27. The van der Waals surface area contributed by atoms with Crippen molar-refractivity contribution in [3.63, 3.8) is 0 Å². The van der Waals surface area contributed by atoms with Gasteiger partial charge in [-0.1, -0.05) is 18.7 Å². The number of allylic oxidation sites excluding steroid dienone is 3. The van der Waals surface area contributed by atoms with Crippen LogP contribution >= 0.6 is 11.6 Å². The normalized spacial score (nSPS) is 22.4. The summed E-state index contributed by atoms with van der Waals surface area (Å²) in [6.45, 7) is 5.76. The molecule has 0 amide bonds. The van der Waals surface area contributed by atoms with Crippen LogP contribution in [-0.4, -0.2) is 18.8 Å². The summed E-state index contributed by atoms with van der Waals surface area (Å²) in [6.07, 6.45) is 11.4. The van der Waals surface area contributed by atoms with E-state index in [4.69, 9.17) is 16.3 Å². The SMILES string of the molecule is C=C(CCC/C=C\C)OC.O=CC1CCC(Cl)C1. The van der Waals surface area contributed by atoms with E-state index in [-0.39, 0.29) is 11.3 Å². The molecule has 0 aromatic rings. The van der Waals surface area contributed by atoms with E-state index in [0.717, 1.165) is 50.6 Å². The molecular weight excluding hydrogens is 248 g/mol. The first-order valence-electron chi connectivity index (χ1n) is 6.56. The van der Waals surface area contributed by atoms with Gasteiger partial charge < -0.3 is 9.53 Å². The zero-order valence-electron chi connectivity index (χ0n) is 11.5. The van der Waals surface area contributed by atoms with Crippen molar-refractivity contribution in [3.05, 3.63) is 24.5 Å². The highest BCUT2D eigenvalue weighted by Gasteiger charge is 2.21. The van der Waals surface area contributed by atoms with E-state index in [2.05, 4.69) is 18.7 Å². The van der Waals surface area contributed by atoms with Crippen LogP contribution in [0.2, 0.25) is 0 Å².